The molecular formula is C35H27ClFN5O6. The number of hydrogen-bond donors (Lipinski definition) is 2. The molecule has 242 valence electrons. The van der Waals surface area contributed by atoms with E-state index < -0.39 is 58.9 Å². The lowest BCUT2D eigenvalue weighted by molar-refractivity contribution is -0.138. The fraction of sp³-hybridized carbons (Fsp3) is 0.200. The number of amides is 2. The minimum atomic E-state index is -1.60. The van der Waals surface area contributed by atoms with E-state index in [2.05, 4.69) is 5.43 Å². The van der Waals surface area contributed by atoms with E-state index in [0.717, 1.165) is 9.58 Å². The van der Waals surface area contributed by atoms with Crippen molar-refractivity contribution in [3.63, 3.8) is 0 Å². The molecule has 0 radical (unpaired) electrons. The van der Waals surface area contributed by atoms with Gasteiger partial charge in [-0.1, -0.05) is 48.0 Å². The van der Waals surface area contributed by atoms with Crippen LogP contribution in [0.5, 0.6) is 0 Å². The molecule has 13 heteroatoms. The van der Waals surface area contributed by atoms with Crippen molar-refractivity contribution >= 4 is 29.1 Å². The van der Waals surface area contributed by atoms with E-state index in [9.17, 15) is 23.9 Å². The van der Waals surface area contributed by atoms with Crippen LogP contribution in [-0.2, 0) is 28.2 Å². The van der Waals surface area contributed by atoms with Crippen molar-refractivity contribution in [3.05, 3.63) is 152 Å². The molecule has 2 amide bonds. The van der Waals surface area contributed by atoms with Gasteiger partial charge in [-0.05, 0) is 78.2 Å². The Morgan fingerprint density at radius 3 is 2.33 bits per heavy atom. The lowest BCUT2D eigenvalue weighted by atomic mass is 9.54. The Morgan fingerprint density at radius 1 is 0.917 bits per heavy atom. The van der Waals surface area contributed by atoms with Crippen LogP contribution < -0.4 is 16.8 Å². The summed E-state index contributed by atoms with van der Waals surface area (Å²) < 4.78 is 23.7. The average Bonchev–Trinajstić information content (AvgIpc) is 3.74. The first kappa shape index (κ1) is 29.9. The van der Waals surface area contributed by atoms with Gasteiger partial charge in [0.05, 0.1) is 35.8 Å². The lowest BCUT2D eigenvalue weighted by Gasteiger charge is -2.47. The van der Waals surface area contributed by atoms with Gasteiger partial charge in [0.15, 0.2) is 0 Å². The SMILES string of the molecule is O=C1[C@@H]2C[C@@H]3C(=CCn4c(=O)n(-c5ccccc5)c(=O)n43)[C@H](c3ccc(CO)o3)[C@]2(c2ccc(Cl)cc2)C(=O)N1Nc1ccc(F)cc1. The molecule has 1 saturated heterocycles. The zero-order valence-corrected chi connectivity index (χ0v) is 25.9. The number of halogens is 2. The number of furan rings is 1. The first-order chi connectivity index (χ1) is 23.2. The highest BCUT2D eigenvalue weighted by atomic mass is 35.5. The van der Waals surface area contributed by atoms with Gasteiger partial charge in [0, 0.05) is 5.02 Å². The summed E-state index contributed by atoms with van der Waals surface area (Å²) in [6, 6.07) is 22.9. The second kappa shape index (κ2) is 11.1. The number of rotatable bonds is 6. The van der Waals surface area contributed by atoms with Crippen LogP contribution in [0.15, 0.2) is 117 Å². The molecule has 1 aliphatic carbocycles. The van der Waals surface area contributed by atoms with Crippen LogP contribution in [0.4, 0.5) is 10.1 Å². The number of aromatic nitrogens is 3. The number of anilines is 1. The van der Waals surface area contributed by atoms with Gasteiger partial charge >= 0.3 is 11.4 Å². The highest BCUT2D eigenvalue weighted by Gasteiger charge is 2.69. The van der Waals surface area contributed by atoms with Crippen molar-refractivity contribution in [1.29, 1.82) is 0 Å². The van der Waals surface area contributed by atoms with Gasteiger partial charge in [0.2, 0.25) is 0 Å². The van der Waals surface area contributed by atoms with E-state index in [1.807, 2.05) is 6.08 Å². The lowest BCUT2D eigenvalue weighted by Crippen LogP contribution is -2.53. The smallest absolute Gasteiger partial charge is 0.352 e. The Kier molecular flexibility index (Phi) is 6.90. The highest BCUT2D eigenvalue weighted by Crippen LogP contribution is 2.62. The zero-order valence-electron chi connectivity index (χ0n) is 25.1. The molecule has 1 saturated carbocycles. The summed E-state index contributed by atoms with van der Waals surface area (Å²) >= 11 is 6.30. The molecule has 0 spiro atoms. The molecule has 2 N–H and O–H groups in total. The first-order valence-corrected chi connectivity index (χ1v) is 15.7. The number of aliphatic hydroxyl groups is 1. The fourth-order valence-electron chi connectivity index (χ4n) is 7.66. The van der Waals surface area contributed by atoms with E-state index in [1.165, 1.54) is 33.6 Å². The van der Waals surface area contributed by atoms with Crippen molar-refractivity contribution in [2.45, 2.75) is 36.9 Å². The summed E-state index contributed by atoms with van der Waals surface area (Å²) in [4.78, 5) is 57.4. The summed E-state index contributed by atoms with van der Waals surface area (Å²) in [7, 11) is 0. The Morgan fingerprint density at radius 2 is 1.65 bits per heavy atom. The molecule has 8 rings (SSSR count). The van der Waals surface area contributed by atoms with Gasteiger partial charge < -0.3 is 9.52 Å². The summed E-state index contributed by atoms with van der Waals surface area (Å²) in [5.41, 5.74) is 1.96. The first-order valence-electron chi connectivity index (χ1n) is 15.3. The molecular weight excluding hydrogens is 641 g/mol. The van der Waals surface area contributed by atoms with Gasteiger partial charge in [-0.25, -0.2) is 27.9 Å². The van der Waals surface area contributed by atoms with Gasteiger partial charge in [0.25, 0.3) is 11.8 Å². The van der Waals surface area contributed by atoms with Crippen LogP contribution in [0.1, 0.15) is 35.5 Å². The molecule has 48 heavy (non-hydrogen) atoms. The van der Waals surface area contributed by atoms with Crippen molar-refractivity contribution in [1.82, 2.24) is 18.9 Å². The maximum absolute atomic E-state index is 15.0. The standard InChI is InChI=1S/C35H27ClFN5O6/c36-21-8-6-20(7-9-21)35-27(31(44)41(32(35)45)38-23-12-10-22(37)11-13-23)18-28-26(30(35)29-15-14-25(19-43)48-29)16-17-39-33(46)40(34(47)42(28)39)24-4-2-1-3-5-24/h1-16,27-28,30,38,43H,17-19H2/t27-,28+,30+,35+/m0/s1. The van der Waals surface area contributed by atoms with Crippen molar-refractivity contribution in [2.24, 2.45) is 5.92 Å². The number of carbonyl (C=O) groups excluding carboxylic acids is 2. The van der Waals surface area contributed by atoms with Crippen LogP contribution in [0.2, 0.25) is 5.02 Å². The number of fused-ring (bicyclic) bond motifs is 4. The topological polar surface area (TPSA) is 132 Å². The third-order valence-corrected chi connectivity index (χ3v) is 9.91. The van der Waals surface area contributed by atoms with Gasteiger partial charge in [-0.2, -0.15) is 5.01 Å². The molecule has 2 aromatic heterocycles. The van der Waals surface area contributed by atoms with Crippen LogP contribution in [0.3, 0.4) is 0 Å². The Bertz CT molecular complexity index is 2240. The maximum Gasteiger partial charge on any atom is 0.352 e. The third-order valence-electron chi connectivity index (χ3n) is 9.66. The molecule has 4 atom stereocenters. The summed E-state index contributed by atoms with van der Waals surface area (Å²) in [6.45, 7) is -0.387. The number of hydrazine groups is 1. The van der Waals surface area contributed by atoms with Gasteiger partial charge in [0.1, 0.15) is 29.4 Å². The highest BCUT2D eigenvalue weighted by molar-refractivity contribution is 6.30. The predicted octanol–water partition coefficient (Wildman–Crippen LogP) is 4.30. The average molecular weight is 668 g/mol. The number of imide groups is 1. The van der Waals surface area contributed by atoms with E-state index in [0.29, 0.717) is 33.3 Å². The molecule has 0 bridgehead atoms. The van der Waals surface area contributed by atoms with Crippen molar-refractivity contribution in [3.8, 4) is 5.69 Å². The van der Waals surface area contributed by atoms with Gasteiger partial charge in [-0.3, -0.25) is 15.0 Å². The number of para-hydroxylation sites is 1. The molecule has 5 aromatic rings. The van der Waals surface area contributed by atoms with Crippen molar-refractivity contribution in [2.75, 3.05) is 5.43 Å². The zero-order chi connectivity index (χ0) is 33.3. The molecule has 2 aliphatic heterocycles. The van der Waals surface area contributed by atoms with Crippen molar-refractivity contribution < 1.29 is 23.5 Å². The molecule has 4 heterocycles. The largest absolute Gasteiger partial charge is 0.463 e. The Hall–Kier alpha value is -5.46. The molecule has 3 aromatic carbocycles. The maximum atomic E-state index is 15.0. The summed E-state index contributed by atoms with van der Waals surface area (Å²) in [6.07, 6.45) is 1.80. The number of hydrogen-bond acceptors (Lipinski definition) is 7. The second-order valence-corrected chi connectivity index (χ2v) is 12.5. The fourth-order valence-corrected chi connectivity index (χ4v) is 7.78. The number of nitrogens with zero attached hydrogens (tertiary/aromatic N) is 4. The number of allylic oxidation sites excluding steroid dienone is 2. The third kappa shape index (κ3) is 4.22. The Balaban J connectivity index is 1.37. The molecule has 11 nitrogen and oxygen atoms in total. The van der Waals surface area contributed by atoms with E-state index in [1.54, 1.807) is 66.7 Å². The molecule has 0 unspecified atom stereocenters. The monoisotopic (exact) mass is 667 g/mol. The quantitative estimate of drug-likeness (QED) is 0.204. The normalized spacial score (nSPS) is 23.0. The Labute approximate surface area is 276 Å². The second-order valence-electron chi connectivity index (χ2n) is 12.0. The van der Waals surface area contributed by atoms with E-state index >= 15 is 4.79 Å². The van der Waals surface area contributed by atoms with Crippen LogP contribution >= 0.6 is 11.6 Å². The summed E-state index contributed by atoms with van der Waals surface area (Å²) in [5, 5.41) is 11.3. The summed E-state index contributed by atoms with van der Waals surface area (Å²) in [5.74, 6) is -3.13. The van der Waals surface area contributed by atoms with E-state index in [4.69, 9.17) is 16.0 Å². The van der Waals surface area contributed by atoms with Crippen LogP contribution in [0.25, 0.3) is 5.69 Å². The molecule has 2 fully saturated rings. The minimum absolute atomic E-state index is 0.0111. The predicted molar refractivity (Wildman–Crippen MR) is 172 cm³/mol. The molecule has 3 aliphatic rings. The number of nitrogens with one attached hydrogen (secondary N) is 1. The number of benzene rings is 3. The minimum Gasteiger partial charge on any atom is -0.463 e. The van der Waals surface area contributed by atoms with E-state index in [-0.39, 0.29) is 18.7 Å². The van der Waals surface area contributed by atoms with Crippen LogP contribution in [-0.4, -0.2) is 35.9 Å². The number of carbonyl (C=O) groups is 2. The van der Waals surface area contributed by atoms with Crippen LogP contribution in [0, 0.1) is 11.7 Å². The number of aliphatic hydroxyl groups excluding tert-OH is 1. The van der Waals surface area contributed by atoms with Gasteiger partial charge in [-0.15, -0.1) is 0 Å².